The van der Waals surface area contributed by atoms with Crippen molar-refractivity contribution in [2.75, 3.05) is 0 Å². The standard InChI is InChI=1S/C19H8Br4O5S/c20-8-5-10-15(9-3-1-2-4-14(9)29(25,26)27)11-7-12(21)17(24)16(23)19(11)28-18(10)13(22)6-8/h1-7H,(H,25,26,27). The van der Waals surface area contributed by atoms with Crippen LogP contribution in [0.1, 0.15) is 0 Å². The molecule has 0 saturated carbocycles. The molecule has 2 aromatic rings. The highest BCUT2D eigenvalue weighted by Crippen LogP contribution is 2.47. The van der Waals surface area contributed by atoms with E-state index < -0.39 is 10.1 Å². The van der Waals surface area contributed by atoms with Crippen molar-refractivity contribution in [3.63, 3.8) is 0 Å². The summed E-state index contributed by atoms with van der Waals surface area (Å²) in [7, 11) is -4.51. The van der Waals surface area contributed by atoms with Gasteiger partial charge in [0.25, 0.3) is 10.1 Å². The Hall–Kier alpha value is -1.04. The van der Waals surface area contributed by atoms with Gasteiger partial charge >= 0.3 is 0 Å². The number of hydrogen-bond donors (Lipinski definition) is 1. The first-order valence-electron chi connectivity index (χ1n) is 7.90. The van der Waals surface area contributed by atoms with Crippen LogP contribution in [0.25, 0.3) is 33.4 Å². The summed E-state index contributed by atoms with van der Waals surface area (Å²) in [5.41, 5.74) is 1.39. The predicted octanol–water partition coefficient (Wildman–Crippen LogP) is 6.86. The molecule has 1 aliphatic heterocycles. The Morgan fingerprint density at radius 1 is 0.897 bits per heavy atom. The Morgan fingerprint density at radius 2 is 1.59 bits per heavy atom. The molecule has 5 nitrogen and oxygen atoms in total. The Labute approximate surface area is 198 Å². The first kappa shape index (κ1) is 21.2. The minimum atomic E-state index is -4.51. The molecule has 29 heavy (non-hydrogen) atoms. The van der Waals surface area contributed by atoms with Crippen LogP contribution >= 0.6 is 63.7 Å². The zero-order valence-electron chi connectivity index (χ0n) is 14.0. The number of rotatable bonds is 2. The van der Waals surface area contributed by atoms with Crippen LogP contribution in [0.5, 0.6) is 0 Å². The number of fused-ring (bicyclic) bond motifs is 2. The maximum atomic E-state index is 12.4. The van der Waals surface area contributed by atoms with Gasteiger partial charge in [-0.3, -0.25) is 9.35 Å². The van der Waals surface area contributed by atoms with Crippen LogP contribution in [0.2, 0.25) is 0 Å². The average Bonchev–Trinajstić information content (AvgIpc) is 2.64. The molecule has 10 heteroatoms. The predicted molar refractivity (Wildman–Crippen MR) is 125 cm³/mol. The van der Waals surface area contributed by atoms with E-state index in [1.54, 1.807) is 30.3 Å². The van der Waals surface area contributed by atoms with Crippen molar-refractivity contribution in [3.8, 4) is 22.5 Å². The molecule has 1 aliphatic carbocycles. The van der Waals surface area contributed by atoms with Gasteiger partial charge in [0.05, 0.1) is 8.95 Å². The molecule has 0 atom stereocenters. The summed E-state index contributed by atoms with van der Waals surface area (Å²) in [5, 5.41) is 0.590. The lowest BCUT2D eigenvalue weighted by atomic mass is 9.94. The second-order valence-corrected chi connectivity index (χ2v) is 10.9. The molecular weight excluding hydrogens is 660 g/mol. The Bertz CT molecular complexity index is 1440. The molecule has 0 amide bonds. The number of benzene rings is 3. The highest BCUT2D eigenvalue weighted by Gasteiger charge is 2.27. The second kappa shape index (κ2) is 7.58. The third-order valence-electron chi connectivity index (χ3n) is 4.32. The van der Waals surface area contributed by atoms with Gasteiger partial charge in [-0.15, -0.1) is 0 Å². The van der Waals surface area contributed by atoms with Gasteiger partial charge in [0, 0.05) is 26.5 Å². The summed E-state index contributed by atoms with van der Waals surface area (Å²) in [6.07, 6.45) is 0. The third kappa shape index (κ3) is 3.64. The van der Waals surface area contributed by atoms with Crippen LogP contribution in [0.4, 0.5) is 0 Å². The third-order valence-corrected chi connectivity index (χ3v) is 7.58. The minimum Gasteiger partial charge on any atom is -0.454 e. The lowest BCUT2D eigenvalue weighted by molar-refractivity contribution is 0.483. The van der Waals surface area contributed by atoms with E-state index in [4.69, 9.17) is 4.42 Å². The highest BCUT2D eigenvalue weighted by molar-refractivity contribution is 9.11. The second-order valence-electron chi connectivity index (χ2n) is 6.09. The molecule has 2 aromatic carbocycles. The summed E-state index contributed by atoms with van der Waals surface area (Å²) >= 11 is 13.5. The van der Waals surface area contributed by atoms with Crippen LogP contribution < -0.4 is 5.43 Å². The normalized spacial score (nSPS) is 12.0. The van der Waals surface area contributed by atoms with Crippen molar-refractivity contribution in [1.29, 1.82) is 0 Å². The lowest BCUT2D eigenvalue weighted by Gasteiger charge is -2.19. The lowest BCUT2D eigenvalue weighted by Crippen LogP contribution is -2.07. The largest absolute Gasteiger partial charge is 0.454 e. The highest BCUT2D eigenvalue weighted by atomic mass is 79.9. The maximum absolute atomic E-state index is 12.4. The van der Waals surface area contributed by atoms with E-state index in [-0.39, 0.29) is 30.6 Å². The average molecular weight is 668 g/mol. The van der Waals surface area contributed by atoms with Gasteiger partial charge in [0.2, 0.25) is 5.43 Å². The monoisotopic (exact) mass is 664 g/mol. The fourth-order valence-electron chi connectivity index (χ4n) is 3.15. The molecule has 0 bridgehead atoms. The summed E-state index contributed by atoms with van der Waals surface area (Å²) in [4.78, 5) is 12.2. The van der Waals surface area contributed by atoms with Crippen LogP contribution in [0.3, 0.4) is 0 Å². The van der Waals surface area contributed by atoms with Gasteiger partial charge in [-0.25, -0.2) is 0 Å². The molecule has 1 N–H and O–H groups in total. The molecule has 1 heterocycles. The number of hydrogen-bond acceptors (Lipinski definition) is 4. The molecule has 2 aliphatic rings. The van der Waals surface area contributed by atoms with Gasteiger partial charge in [-0.1, -0.05) is 34.1 Å². The van der Waals surface area contributed by atoms with E-state index in [9.17, 15) is 17.8 Å². The van der Waals surface area contributed by atoms with E-state index in [2.05, 4.69) is 63.7 Å². The Kier molecular flexibility index (Phi) is 5.54. The Morgan fingerprint density at radius 3 is 2.28 bits per heavy atom. The van der Waals surface area contributed by atoms with Crippen LogP contribution in [-0.2, 0) is 10.1 Å². The first-order valence-corrected chi connectivity index (χ1v) is 12.5. The Balaban J connectivity index is 2.34. The van der Waals surface area contributed by atoms with Crippen molar-refractivity contribution >= 4 is 84.8 Å². The first-order chi connectivity index (χ1) is 13.6. The summed E-state index contributed by atoms with van der Waals surface area (Å²) in [6.45, 7) is 0. The van der Waals surface area contributed by atoms with Gasteiger partial charge < -0.3 is 4.42 Å². The van der Waals surface area contributed by atoms with E-state index in [1.807, 2.05) is 0 Å². The quantitative estimate of drug-likeness (QED) is 0.187. The molecule has 4 rings (SSSR count). The fourth-order valence-corrected chi connectivity index (χ4v) is 6.36. The van der Waals surface area contributed by atoms with Gasteiger partial charge in [-0.2, -0.15) is 8.42 Å². The van der Waals surface area contributed by atoms with Crippen molar-refractivity contribution < 1.29 is 17.4 Å². The van der Waals surface area contributed by atoms with E-state index in [0.717, 1.165) is 4.47 Å². The molecule has 0 unspecified atom stereocenters. The minimum absolute atomic E-state index is 0.198. The summed E-state index contributed by atoms with van der Waals surface area (Å²) in [5.74, 6) is 0.258. The van der Waals surface area contributed by atoms with E-state index in [0.29, 0.717) is 26.6 Å². The van der Waals surface area contributed by atoms with E-state index in [1.165, 1.54) is 12.1 Å². The maximum Gasteiger partial charge on any atom is 0.295 e. The van der Waals surface area contributed by atoms with Crippen molar-refractivity contribution in [2.24, 2.45) is 0 Å². The van der Waals surface area contributed by atoms with Gasteiger partial charge in [-0.05, 0) is 72.1 Å². The van der Waals surface area contributed by atoms with E-state index >= 15 is 0 Å². The molecule has 0 saturated heterocycles. The topological polar surface area (TPSA) is 84.6 Å². The van der Waals surface area contributed by atoms with Crippen LogP contribution in [-0.4, -0.2) is 13.0 Å². The van der Waals surface area contributed by atoms with Crippen LogP contribution in [0.15, 0.2) is 74.5 Å². The van der Waals surface area contributed by atoms with Crippen molar-refractivity contribution in [1.82, 2.24) is 0 Å². The molecule has 0 aromatic heterocycles. The SMILES string of the molecule is O=c1c(Br)cc2c(-c3ccccc3S(=O)(=O)O)c3cc(Br)cc(Br)c3oc-2c1Br. The molecule has 0 fully saturated rings. The molecule has 0 spiro atoms. The van der Waals surface area contributed by atoms with Crippen molar-refractivity contribution in [2.45, 2.75) is 4.90 Å². The molecule has 0 radical (unpaired) electrons. The van der Waals surface area contributed by atoms with Gasteiger partial charge in [0.1, 0.15) is 15.0 Å². The summed E-state index contributed by atoms with van der Waals surface area (Å²) in [6, 6.07) is 11.3. The van der Waals surface area contributed by atoms with Crippen molar-refractivity contribution in [3.05, 3.63) is 70.6 Å². The zero-order valence-corrected chi connectivity index (χ0v) is 21.2. The molecule has 148 valence electrons. The number of halogens is 4. The zero-order chi connectivity index (χ0) is 21.1. The summed E-state index contributed by atoms with van der Waals surface area (Å²) < 4.78 is 41.8. The smallest absolute Gasteiger partial charge is 0.295 e. The van der Waals surface area contributed by atoms with Crippen LogP contribution in [0, 0.1) is 0 Å². The fraction of sp³-hybridized carbons (Fsp3) is 0. The van der Waals surface area contributed by atoms with Gasteiger partial charge in [0.15, 0.2) is 5.76 Å². The molecular formula is C19H8Br4O5S.